The van der Waals surface area contributed by atoms with Gasteiger partial charge in [0.25, 0.3) is 5.69 Å². The first kappa shape index (κ1) is 22.9. The minimum Gasteiger partial charge on any atom is -0.455 e. The smallest absolute Gasteiger partial charge is 0.280 e. The maximum atomic E-state index is 12.3. The second-order valence-corrected chi connectivity index (χ2v) is 8.53. The average Bonchev–Trinajstić information content (AvgIpc) is 3.42. The van der Waals surface area contributed by atoms with E-state index in [9.17, 15) is 19.7 Å². The second-order valence-electron chi connectivity index (χ2n) is 7.34. The predicted molar refractivity (Wildman–Crippen MR) is 130 cm³/mol. The zero-order valence-electron chi connectivity index (χ0n) is 17.9. The van der Waals surface area contributed by atoms with Crippen LogP contribution in [-0.4, -0.2) is 33.4 Å². The number of carbonyl (C=O) groups is 2. The van der Waals surface area contributed by atoms with Crippen LogP contribution in [0, 0.1) is 17.0 Å². The average molecular weight is 478 g/mol. The number of hydrogen-bond donors (Lipinski definition) is 2. The molecule has 172 valence electrons. The number of nitro benzene ring substituents is 1. The number of amidine groups is 1. The summed E-state index contributed by atoms with van der Waals surface area (Å²) in [4.78, 5) is 35.2. The third kappa shape index (κ3) is 5.56. The van der Waals surface area contributed by atoms with Crippen molar-refractivity contribution >= 4 is 46.3 Å². The zero-order chi connectivity index (χ0) is 24.1. The number of nitrogens with one attached hydrogen (secondary N) is 2. The van der Waals surface area contributed by atoms with E-state index in [-0.39, 0.29) is 29.1 Å². The Bertz CT molecular complexity index is 1300. The zero-order valence-corrected chi connectivity index (χ0v) is 18.7. The Kier molecular flexibility index (Phi) is 6.83. The summed E-state index contributed by atoms with van der Waals surface area (Å²) in [5.41, 5.74) is 2.03. The molecule has 1 atom stereocenters. The number of rotatable bonds is 7. The SMILES string of the molecule is Cc1ccc(NC(=O)C[C@H]2S/C(=N\N=C/c3ccc(-c4ccccc4[N+](=O)[O-])o3)NC2=O)cc1. The van der Waals surface area contributed by atoms with Gasteiger partial charge in [0.15, 0.2) is 5.17 Å². The third-order valence-corrected chi connectivity index (χ3v) is 5.88. The highest BCUT2D eigenvalue weighted by Crippen LogP contribution is 2.30. The molecule has 1 aromatic heterocycles. The molecule has 10 nitrogen and oxygen atoms in total. The summed E-state index contributed by atoms with van der Waals surface area (Å²) in [6, 6.07) is 16.8. The quantitative estimate of drug-likeness (QED) is 0.298. The number of nitro groups is 1. The molecule has 0 aliphatic carbocycles. The van der Waals surface area contributed by atoms with Crippen LogP contribution in [0.1, 0.15) is 17.7 Å². The molecule has 1 saturated heterocycles. The Morgan fingerprint density at radius 2 is 1.97 bits per heavy atom. The summed E-state index contributed by atoms with van der Waals surface area (Å²) < 4.78 is 5.61. The molecule has 3 aromatic rings. The number of anilines is 1. The van der Waals surface area contributed by atoms with Gasteiger partial charge >= 0.3 is 0 Å². The van der Waals surface area contributed by atoms with Crippen molar-refractivity contribution in [3.63, 3.8) is 0 Å². The van der Waals surface area contributed by atoms with E-state index in [0.29, 0.717) is 22.8 Å². The van der Waals surface area contributed by atoms with Crippen LogP contribution in [0.3, 0.4) is 0 Å². The highest BCUT2D eigenvalue weighted by atomic mass is 32.2. The van der Waals surface area contributed by atoms with Crippen molar-refractivity contribution in [1.82, 2.24) is 5.32 Å². The first-order valence-corrected chi connectivity index (χ1v) is 11.1. The van der Waals surface area contributed by atoms with Crippen LogP contribution in [0.2, 0.25) is 0 Å². The van der Waals surface area contributed by atoms with Crippen molar-refractivity contribution in [2.24, 2.45) is 10.2 Å². The number of amides is 2. The van der Waals surface area contributed by atoms with Crippen LogP contribution in [0.5, 0.6) is 0 Å². The predicted octanol–water partition coefficient (Wildman–Crippen LogP) is 4.11. The van der Waals surface area contributed by atoms with Gasteiger partial charge in [0.05, 0.1) is 16.7 Å². The number of benzene rings is 2. The summed E-state index contributed by atoms with van der Waals surface area (Å²) in [7, 11) is 0. The molecule has 1 fully saturated rings. The molecule has 2 amide bonds. The molecule has 0 radical (unpaired) electrons. The van der Waals surface area contributed by atoms with Gasteiger partial charge in [0, 0.05) is 18.2 Å². The third-order valence-electron chi connectivity index (χ3n) is 4.81. The normalized spacial score (nSPS) is 16.7. The molecule has 0 unspecified atom stereocenters. The van der Waals surface area contributed by atoms with Gasteiger partial charge in [-0.2, -0.15) is 5.10 Å². The number of nitrogens with zero attached hydrogens (tertiary/aromatic N) is 3. The summed E-state index contributed by atoms with van der Waals surface area (Å²) in [6.07, 6.45) is 1.32. The number of thioether (sulfide) groups is 1. The maximum absolute atomic E-state index is 12.3. The summed E-state index contributed by atoms with van der Waals surface area (Å²) >= 11 is 1.11. The van der Waals surface area contributed by atoms with E-state index in [2.05, 4.69) is 20.8 Å². The van der Waals surface area contributed by atoms with Crippen LogP contribution in [0.4, 0.5) is 11.4 Å². The van der Waals surface area contributed by atoms with Gasteiger partial charge in [0.1, 0.15) is 16.8 Å². The van der Waals surface area contributed by atoms with Crippen LogP contribution in [0.25, 0.3) is 11.3 Å². The lowest BCUT2D eigenvalue weighted by molar-refractivity contribution is -0.384. The lowest BCUT2D eigenvalue weighted by Crippen LogP contribution is -2.28. The minimum atomic E-state index is -0.617. The summed E-state index contributed by atoms with van der Waals surface area (Å²) in [5, 5.41) is 24.1. The van der Waals surface area contributed by atoms with E-state index in [4.69, 9.17) is 4.42 Å². The van der Waals surface area contributed by atoms with Crippen molar-refractivity contribution in [1.29, 1.82) is 0 Å². The molecular formula is C23H19N5O5S. The van der Waals surface area contributed by atoms with Gasteiger partial charge in [0.2, 0.25) is 11.8 Å². The Morgan fingerprint density at radius 1 is 1.21 bits per heavy atom. The summed E-state index contributed by atoms with van der Waals surface area (Å²) in [5.74, 6) is 0.0551. The van der Waals surface area contributed by atoms with Gasteiger partial charge in [-0.25, -0.2) is 0 Å². The van der Waals surface area contributed by atoms with E-state index in [1.54, 1.807) is 42.5 Å². The molecule has 1 aliphatic rings. The molecule has 34 heavy (non-hydrogen) atoms. The van der Waals surface area contributed by atoms with Crippen molar-refractivity contribution in [3.05, 3.63) is 82.1 Å². The second kappa shape index (κ2) is 10.1. The maximum Gasteiger partial charge on any atom is 0.280 e. The molecule has 0 spiro atoms. The van der Waals surface area contributed by atoms with E-state index in [1.807, 2.05) is 19.1 Å². The number of carbonyl (C=O) groups excluding carboxylic acids is 2. The Hall–Kier alpha value is -4.25. The molecular weight excluding hydrogens is 458 g/mol. The van der Waals surface area contributed by atoms with Crippen LogP contribution >= 0.6 is 11.8 Å². The number of furan rings is 1. The number of hydrogen-bond acceptors (Lipinski definition) is 8. The molecule has 0 saturated carbocycles. The molecule has 11 heteroatoms. The van der Waals surface area contributed by atoms with Crippen molar-refractivity contribution in [3.8, 4) is 11.3 Å². The Balaban J connectivity index is 1.35. The molecule has 2 N–H and O–H groups in total. The fourth-order valence-electron chi connectivity index (χ4n) is 3.15. The summed E-state index contributed by atoms with van der Waals surface area (Å²) in [6.45, 7) is 1.95. The molecule has 1 aliphatic heterocycles. The lowest BCUT2D eigenvalue weighted by Gasteiger charge is -2.07. The van der Waals surface area contributed by atoms with Crippen molar-refractivity contribution in [2.45, 2.75) is 18.6 Å². The van der Waals surface area contributed by atoms with Crippen molar-refractivity contribution < 1.29 is 18.9 Å². The first-order valence-electron chi connectivity index (χ1n) is 10.2. The van der Waals surface area contributed by atoms with E-state index in [1.165, 1.54) is 12.3 Å². The molecule has 0 bridgehead atoms. The molecule has 2 aromatic carbocycles. The molecule has 4 rings (SSSR count). The minimum absolute atomic E-state index is 0.00941. The largest absolute Gasteiger partial charge is 0.455 e. The lowest BCUT2D eigenvalue weighted by atomic mass is 10.1. The first-order chi connectivity index (χ1) is 16.4. The fraction of sp³-hybridized carbons (Fsp3) is 0.130. The van der Waals surface area contributed by atoms with Gasteiger partial charge in [-0.1, -0.05) is 41.6 Å². The van der Waals surface area contributed by atoms with E-state index in [0.717, 1.165) is 17.3 Å². The van der Waals surface area contributed by atoms with Crippen LogP contribution in [0.15, 0.2) is 75.3 Å². The van der Waals surface area contributed by atoms with Crippen molar-refractivity contribution in [2.75, 3.05) is 5.32 Å². The van der Waals surface area contributed by atoms with Gasteiger partial charge < -0.3 is 15.1 Å². The topological polar surface area (TPSA) is 139 Å². The van der Waals surface area contributed by atoms with Gasteiger partial charge in [-0.05, 0) is 37.3 Å². The fourth-order valence-corrected chi connectivity index (χ4v) is 4.07. The highest BCUT2D eigenvalue weighted by molar-refractivity contribution is 8.15. The van der Waals surface area contributed by atoms with Gasteiger partial charge in [-0.15, -0.1) is 5.10 Å². The highest BCUT2D eigenvalue weighted by Gasteiger charge is 2.32. The monoisotopic (exact) mass is 477 g/mol. The molecule has 2 heterocycles. The number of aryl methyl sites for hydroxylation is 1. The van der Waals surface area contributed by atoms with E-state index >= 15 is 0 Å². The van der Waals surface area contributed by atoms with Gasteiger partial charge in [-0.3, -0.25) is 19.7 Å². The number of para-hydroxylation sites is 1. The van der Waals surface area contributed by atoms with Crippen LogP contribution < -0.4 is 10.6 Å². The van der Waals surface area contributed by atoms with E-state index < -0.39 is 10.2 Å². The Labute approximate surface area is 198 Å². The van der Waals surface area contributed by atoms with Crippen LogP contribution in [-0.2, 0) is 9.59 Å². The Morgan fingerprint density at radius 3 is 2.74 bits per heavy atom. The standard InChI is InChI=1S/C23H19N5O5S/c1-14-6-8-15(9-7-14)25-21(29)12-20-22(30)26-23(34-20)27-24-13-16-10-11-19(33-16)17-4-2-3-5-18(17)28(31)32/h2-11,13,20H,12H2,1H3,(H,25,29)(H,26,27,30)/b24-13-/t20-/m1/s1.